The number of nitrogens with zero attached hydrogens (tertiary/aromatic N) is 1. The van der Waals surface area contributed by atoms with E-state index < -0.39 is 0 Å². The van der Waals surface area contributed by atoms with Crippen molar-refractivity contribution in [3.05, 3.63) is 0 Å². The molecule has 0 spiro atoms. The van der Waals surface area contributed by atoms with E-state index in [1.54, 1.807) is 0 Å². The largest absolute Gasteiger partial charge is 0.379 e. The summed E-state index contributed by atoms with van der Waals surface area (Å²) in [7, 11) is 0. The molecule has 0 bridgehead atoms. The minimum absolute atomic E-state index is 0.410. The molecule has 4 heteroatoms. The van der Waals surface area contributed by atoms with Crippen LogP contribution in [0.4, 0.5) is 0 Å². The molecule has 0 amide bonds. The van der Waals surface area contributed by atoms with E-state index in [9.17, 15) is 0 Å². The van der Waals surface area contributed by atoms with E-state index in [0.29, 0.717) is 44.5 Å². The minimum atomic E-state index is 0.410. The van der Waals surface area contributed by atoms with Crippen LogP contribution in [0.5, 0.6) is 0 Å². The highest BCUT2D eigenvalue weighted by Crippen LogP contribution is 2.14. The van der Waals surface area contributed by atoms with Gasteiger partial charge in [-0.3, -0.25) is 4.90 Å². The van der Waals surface area contributed by atoms with Crippen LogP contribution in [0.25, 0.3) is 0 Å². The lowest BCUT2D eigenvalue weighted by Gasteiger charge is -2.41. The second-order valence-corrected chi connectivity index (χ2v) is 5.95. The van der Waals surface area contributed by atoms with Gasteiger partial charge in [0.1, 0.15) is 0 Å². The van der Waals surface area contributed by atoms with Crippen LogP contribution in [-0.4, -0.2) is 63.2 Å². The van der Waals surface area contributed by atoms with Gasteiger partial charge >= 0.3 is 0 Å². The third kappa shape index (κ3) is 7.88. The van der Waals surface area contributed by atoms with Gasteiger partial charge in [-0.25, -0.2) is 0 Å². The predicted molar refractivity (Wildman–Crippen MR) is 77.5 cm³/mol. The molecule has 1 saturated heterocycles. The summed E-state index contributed by atoms with van der Waals surface area (Å²) in [4.78, 5) is 2.41. The lowest BCUT2D eigenvalue weighted by Crippen LogP contribution is -2.55. The molecule has 0 unspecified atom stereocenters. The lowest BCUT2D eigenvalue weighted by atomic mass is 10.1. The maximum atomic E-state index is 5.71. The van der Waals surface area contributed by atoms with Crippen LogP contribution in [0.15, 0.2) is 0 Å². The first kappa shape index (κ1) is 16.9. The first-order valence-electron chi connectivity index (χ1n) is 7.60. The molecule has 4 nitrogen and oxygen atoms in total. The van der Waals surface area contributed by atoms with Crippen LogP contribution in [-0.2, 0) is 14.2 Å². The molecule has 0 aliphatic carbocycles. The highest BCUT2D eigenvalue weighted by atomic mass is 16.5. The summed E-state index contributed by atoms with van der Waals surface area (Å²) in [5.74, 6) is 0.710. The van der Waals surface area contributed by atoms with Gasteiger partial charge in [-0.05, 0) is 26.2 Å². The van der Waals surface area contributed by atoms with Crippen molar-refractivity contribution < 1.29 is 14.2 Å². The summed E-state index contributed by atoms with van der Waals surface area (Å²) in [6, 6.07) is 0.638. The quantitative estimate of drug-likeness (QED) is 0.540. The Morgan fingerprint density at radius 1 is 0.895 bits per heavy atom. The van der Waals surface area contributed by atoms with E-state index in [0.717, 1.165) is 26.1 Å². The Hall–Kier alpha value is -0.160. The number of rotatable bonds is 11. The van der Waals surface area contributed by atoms with Gasteiger partial charge in [-0.2, -0.15) is 0 Å². The zero-order valence-corrected chi connectivity index (χ0v) is 13.1. The third-order valence-electron chi connectivity index (χ3n) is 3.40. The van der Waals surface area contributed by atoms with Crippen molar-refractivity contribution in [2.24, 2.45) is 5.92 Å². The van der Waals surface area contributed by atoms with Crippen molar-refractivity contribution in [3.63, 3.8) is 0 Å². The van der Waals surface area contributed by atoms with Gasteiger partial charge in [-0.1, -0.05) is 13.8 Å². The van der Waals surface area contributed by atoms with Gasteiger partial charge in [0.2, 0.25) is 0 Å². The molecule has 1 fully saturated rings. The van der Waals surface area contributed by atoms with Gasteiger partial charge < -0.3 is 14.2 Å². The third-order valence-corrected chi connectivity index (χ3v) is 3.40. The average molecular weight is 273 g/mol. The molecule has 0 radical (unpaired) electrons. The smallest absolute Gasteiger partial charge is 0.0830 e. The van der Waals surface area contributed by atoms with Crippen LogP contribution >= 0.6 is 0 Å². The predicted octanol–water partition coefficient (Wildman–Crippen LogP) is 2.17. The first-order valence-corrected chi connectivity index (χ1v) is 7.60. The van der Waals surface area contributed by atoms with E-state index in [1.807, 2.05) is 0 Å². The van der Waals surface area contributed by atoms with E-state index in [2.05, 4.69) is 32.6 Å². The lowest BCUT2D eigenvalue weighted by molar-refractivity contribution is -0.0829. The highest BCUT2D eigenvalue weighted by molar-refractivity contribution is 4.82. The summed E-state index contributed by atoms with van der Waals surface area (Å²) in [6.45, 7) is 14.6. The molecular formula is C15H31NO3. The number of ether oxygens (including phenoxy) is 3. The second-order valence-electron chi connectivity index (χ2n) is 5.95. The van der Waals surface area contributed by atoms with Crippen molar-refractivity contribution in [2.75, 3.05) is 46.1 Å². The molecule has 0 atom stereocenters. The second kappa shape index (κ2) is 9.70. The SMILES string of the molecule is CC(C)CCOCCOCCOC1CN(C(C)C)C1. The average Bonchev–Trinajstić information content (AvgIpc) is 2.28. The van der Waals surface area contributed by atoms with Crippen LogP contribution in [0.1, 0.15) is 34.1 Å². The molecule has 0 aromatic carbocycles. The summed E-state index contributed by atoms with van der Waals surface area (Å²) in [6.07, 6.45) is 1.53. The number of hydrogen-bond acceptors (Lipinski definition) is 4. The maximum absolute atomic E-state index is 5.71. The van der Waals surface area contributed by atoms with E-state index in [4.69, 9.17) is 14.2 Å². The van der Waals surface area contributed by atoms with Crippen LogP contribution in [0.3, 0.4) is 0 Å². The van der Waals surface area contributed by atoms with Crippen molar-refractivity contribution >= 4 is 0 Å². The molecular weight excluding hydrogens is 242 g/mol. The summed E-state index contributed by atoms with van der Waals surface area (Å²) in [5.41, 5.74) is 0. The fourth-order valence-electron chi connectivity index (χ4n) is 1.91. The Morgan fingerprint density at radius 2 is 1.47 bits per heavy atom. The highest BCUT2D eigenvalue weighted by Gasteiger charge is 2.28. The van der Waals surface area contributed by atoms with Crippen molar-refractivity contribution in [1.29, 1.82) is 0 Å². The zero-order valence-electron chi connectivity index (χ0n) is 13.1. The Kier molecular flexibility index (Phi) is 8.62. The fraction of sp³-hybridized carbons (Fsp3) is 1.00. The maximum Gasteiger partial charge on any atom is 0.0830 e. The molecule has 1 heterocycles. The molecule has 1 aliphatic heterocycles. The molecule has 0 aromatic heterocycles. The molecule has 19 heavy (non-hydrogen) atoms. The van der Waals surface area contributed by atoms with Crippen molar-refractivity contribution in [1.82, 2.24) is 4.90 Å². The van der Waals surface area contributed by atoms with E-state index >= 15 is 0 Å². The Bertz CT molecular complexity index is 215. The van der Waals surface area contributed by atoms with Gasteiger partial charge in [0.25, 0.3) is 0 Å². The van der Waals surface area contributed by atoms with Crippen LogP contribution in [0, 0.1) is 5.92 Å². The molecule has 114 valence electrons. The van der Waals surface area contributed by atoms with Gasteiger partial charge in [0.15, 0.2) is 0 Å². The van der Waals surface area contributed by atoms with Gasteiger partial charge in [0.05, 0.1) is 32.5 Å². The monoisotopic (exact) mass is 273 g/mol. The minimum Gasteiger partial charge on any atom is -0.379 e. The number of likely N-dealkylation sites (tertiary alicyclic amines) is 1. The molecule has 1 aliphatic rings. The first-order chi connectivity index (χ1) is 9.09. The standard InChI is InChI=1S/C15H31NO3/c1-13(2)5-6-17-7-8-18-9-10-19-15-11-16(12-15)14(3)4/h13-15H,5-12H2,1-4H3. The summed E-state index contributed by atoms with van der Waals surface area (Å²) in [5, 5.41) is 0. The Labute approximate surface area is 118 Å². The van der Waals surface area contributed by atoms with Crippen molar-refractivity contribution in [3.8, 4) is 0 Å². The van der Waals surface area contributed by atoms with Crippen molar-refractivity contribution in [2.45, 2.75) is 46.3 Å². The Balaban J connectivity index is 1.75. The number of hydrogen-bond donors (Lipinski definition) is 0. The molecule has 0 N–H and O–H groups in total. The molecule has 1 rings (SSSR count). The molecule has 0 aromatic rings. The van der Waals surface area contributed by atoms with E-state index in [-0.39, 0.29) is 0 Å². The molecule has 0 saturated carbocycles. The van der Waals surface area contributed by atoms with Crippen LogP contribution in [0.2, 0.25) is 0 Å². The van der Waals surface area contributed by atoms with E-state index in [1.165, 1.54) is 0 Å². The normalized spacial score (nSPS) is 17.4. The Morgan fingerprint density at radius 3 is 2.05 bits per heavy atom. The fourth-order valence-corrected chi connectivity index (χ4v) is 1.91. The summed E-state index contributed by atoms with van der Waals surface area (Å²) < 4.78 is 16.7. The summed E-state index contributed by atoms with van der Waals surface area (Å²) >= 11 is 0. The van der Waals surface area contributed by atoms with Crippen LogP contribution < -0.4 is 0 Å². The zero-order chi connectivity index (χ0) is 14.1. The topological polar surface area (TPSA) is 30.9 Å². The van der Waals surface area contributed by atoms with Gasteiger partial charge in [0, 0.05) is 25.7 Å². The van der Waals surface area contributed by atoms with Gasteiger partial charge in [-0.15, -0.1) is 0 Å².